The molecule has 0 aliphatic rings. The van der Waals surface area contributed by atoms with E-state index in [4.69, 9.17) is 10.00 Å². The zero-order chi connectivity index (χ0) is 15.9. The molecule has 1 atom stereocenters. The summed E-state index contributed by atoms with van der Waals surface area (Å²) in [5.41, 5.74) is 1.64. The van der Waals surface area contributed by atoms with E-state index in [2.05, 4.69) is 0 Å². The quantitative estimate of drug-likeness (QED) is 0.851. The molecule has 4 heteroatoms. The van der Waals surface area contributed by atoms with Gasteiger partial charge in [0.25, 0.3) is 5.91 Å². The van der Waals surface area contributed by atoms with E-state index in [9.17, 15) is 4.79 Å². The van der Waals surface area contributed by atoms with Crippen LogP contribution < -0.4 is 4.74 Å². The highest BCUT2D eigenvalue weighted by Crippen LogP contribution is 2.18. The smallest absolute Gasteiger partial charge is 0.260 e. The average Bonchev–Trinajstić information content (AvgIpc) is 2.59. The first-order valence-corrected chi connectivity index (χ1v) is 7.05. The Morgan fingerprint density at radius 2 is 1.82 bits per heavy atom. The second-order valence-electron chi connectivity index (χ2n) is 5.02. The molecule has 4 nitrogen and oxygen atoms in total. The van der Waals surface area contributed by atoms with E-state index in [1.807, 2.05) is 43.3 Å². The summed E-state index contributed by atoms with van der Waals surface area (Å²) < 4.78 is 5.47. The standard InChI is InChI=1S/C18H18N2O2/c1-14(16-6-4-3-5-7-16)20(2)18(21)13-22-17-10-8-15(12-19)9-11-17/h3-11,14H,13H2,1-2H3. The summed E-state index contributed by atoms with van der Waals surface area (Å²) in [6.45, 7) is 1.95. The Labute approximate surface area is 130 Å². The van der Waals surface area contributed by atoms with Crippen molar-refractivity contribution in [1.82, 2.24) is 4.90 Å². The third-order valence-electron chi connectivity index (χ3n) is 3.60. The molecular weight excluding hydrogens is 276 g/mol. The number of rotatable bonds is 5. The number of hydrogen-bond donors (Lipinski definition) is 0. The van der Waals surface area contributed by atoms with Crippen LogP contribution in [0.1, 0.15) is 24.1 Å². The molecule has 2 aromatic rings. The fraction of sp³-hybridized carbons (Fsp3) is 0.222. The highest BCUT2D eigenvalue weighted by molar-refractivity contribution is 5.78. The zero-order valence-electron chi connectivity index (χ0n) is 12.7. The van der Waals surface area contributed by atoms with Crippen LogP contribution in [0.25, 0.3) is 0 Å². The molecule has 22 heavy (non-hydrogen) atoms. The maximum absolute atomic E-state index is 12.2. The Morgan fingerprint density at radius 1 is 1.18 bits per heavy atom. The SMILES string of the molecule is CC(c1ccccc1)N(C)C(=O)COc1ccc(C#N)cc1. The van der Waals surface area contributed by atoms with Crippen LogP contribution in [0, 0.1) is 11.3 Å². The molecule has 1 amide bonds. The third-order valence-corrected chi connectivity index (χ3v) is 3.60. The summed E-state index contributed by atoms with van der Waals surface area (Å²) in [4.78, 5) is 13.9. The van der Waals surface area contributed by atoms with E-state index in [1.165, 1.54) is 0 Å². The first-order valence-electron chi connectivity index (χ1n) is 7.05. The minimum atomic E-state index is -0.0966. The normalized spacial score (nSPS) is 11.3. The van der Waals surface area contributed by atoms with Crippen molar-refractivity contribution in [3.05, 3.63) is 65.7 Å². The fourth-order valence-electron chi connectivity index (χ4n) is 2.04. The number of nitriles is 1. The summed E-state index contributed by atoms with van der Waals surface area (Å²) in [5, 5.41) is 8.74. The van der Waals surface area contributed by atoms with E-state index in [-0.39, 0.29) is 18.6 Å². The van der Waals surface area contributed by atoms with Crippen LogP contribution in [0.4, 0.5) is 0 Å². The van der Waals surface area contributed by atoms with Crippen LogP contribution in [-0.2, 0) is 4.79 Å². The Kier molecular flexibility index (Phi) is 5.16. The van der Waals surface area contributed by atoms with Gasteiger partial charge in [-0.05, 0) is 36.8 Å². The first-order chi connectivity index (χ1) is 10.6. The molecule has 0 bridgehead atoms. The van der Waals surface area contributed by atoms with Crippen LogP contribution in [0.2, 0.25) is 0 Å². The van der Waals surface area contributed by atoms with E-state index in [0.717, 1.165) is 5.56 Å². The van der Waals surface area contributed by atoms with Crippen molar-refractivity contribution < 1.29 is 9.53 Å². The molecule has 1 unspecified atom stereocenters. The number of carbonyl (C=O) groups excluding carboxylic acids is 1. The predicted molar refractivity (Wildman–Crippen MR) is 84.3 cm³/mol. The number of carbonyl (C=O) groups is 1. The van der Waals surface area contributed by atoms with Gasteiger partial charge in [-0.15, -0.1) is 0 Å². The third kappa shape index (κ3) is 3.86. The molecule has 0 N–H and O–H groups in total. The number of likely N-dealkylation sites (N-methyl/N-ethyl adjacent to an activating group) is 1. The Morgan fingerprint density at radius 3 is 2.41 bits per heavy atom. The molecule has 0 radical (unpaired) electrons. The molecular formula is C18H18N2O2. The van der Waals surface area contributed by atoms with Gasteiger partial charge < -0.3 is 9.64 Å². The van der Waals surface area contributed by atoms with Gasteiger partial charge in [-0.2, -0.15) is 5.26 Å². The van der Waals surface area contributed by atoms with Gasteiger partial charge in [-0.3, -0.25) is 4.79 Å². The molecule has 0 aliphatic heterocycles. The van der Waals surface area contributed by atoms with E-state index in [0.29, 0.717) is 11.3 Å². The van der Waals surface area contributed by atoms with Crippen molar-refractivity contribution in [3.63, 3.8) is 0 Å². The molecule has 112 valence electrons. The maximum atomic E-state index is 12.2. The first kappa shape index (κ1) is 15.6. The van der Waals surface area contributed by atoms with Crippen molar-refractivity contribution in [1.29, 1.82) is 5.26 Å². The van der Waals surface area contributed by atoms with Crippen molar-refractivity contribution >= 4 is 5.91 Å². The summed E-state index contributed by atoms with van der Waals surface area (Å²) in [6, 6.07) is 18.6. The van der Waals surface area contributed by atoms with Crippen LogP contribution in [0.3, 0.4) is 0 Å². The van der Waals surface area contributed by atoms with Gasteiger partial charge in [0, 0.05) is 7.05 Å². The molecule has 2 rings (SSSR count). The molecule has 0 saturated heterocycles. The van der Waals surface area contributed by atoms with E-state index in [1.54, 1.807) is 36.2 Å². The number of ether oxygens (including phenoxy) is 1. The van der Waals surface area contributed by atoms with Crippen LogP contribution in [-0.4, -0.2) is 24.5 Å². The average molecular weight is 294 g/mol. The number of hydrogen-bond acceptors (Lipinski definition) is 3. The largest absolute Gasteiger partial charge is 0.484 e. The molecule has 2 aromatic carbocycles. The van der Waals surface area contributed by atoms with Crippen LogP contribution in [0.5, 0.6) is 5.75 Å². The second-order valence-corrected chi connectivity index (χ2v) is 5.02. The molecule has 0 aliphatic carbocycles. The van der Waals surface area contributed by atoms with Gasteiger partial charge in [0.15, 0.2) is 6.61 Å². The van der Waals surface area contributed by atoms with Crippen LogP contribution >= 0.6 is 0 Å². The topological polar surface area (TPSA) is 53.3 Å². The van der Waals surface area contributed by atoms with Crippen LogP contribution in [0.15, 0.2) is 54.6 Å². The highest BCUT2D eigenvalue weighted by Gasteiger charge is 2.17. The van der Waals surface area contributed by atoms with Gasteiger partial charge in [0.2, 0.25) is 0 Å². The Balaban J connectivity index is 1.92. The monoisotopic (exact) mass is 294 g/mol. The summed E-state index contributed by atoms with van der Waals surface area (Å²) in [7, 11) is 1.77. The van der Waals surface area contributed by atoms with Gasteiger partial charge >= 0.3 is 0 Å². The van der Waals surface area contributed by atoms with Crippen molar-refractivity contribution in [2.24, 2.45) is 0 Å². The molecule has 0 saturated carbocycles. The minimum Gasteiger partial charge on any atom is -0.484 e. The van der Waals surface area contributed by atoms with Gasteiger partial charge in [0.1, 0.15) is 5.75 Å². The van der Waals surface area contributed by atoms with E-state index >= 15 is 0 Å². The Bertz CT molecular complexity index is 660. The molecule has 0 aromatic heterocycles. The lowest BCUT2D eigenvalue weighted by Gasteiger charge is -2.25. The molecule has 0 heterocycles. The maximum Gasteiger partial charge on any atom is 0.260 e. The minimum absolute atomic E-state index is 0.0155. The molecule has 0 fully saturated rings. The summed E-state index contributed by atoms with van der Waals surface area (Å²) in [5.74, 6) is 0.480. The lowest BCUT2D eigenvalue weighted by Crippen LogP contribution is -2.33. The number of amides is 1. The van der Waals surface area contributed by atoms with Gasteiger partial charge in [0.05, 0.1) is 17.7 Å². The zero-order valence-corrected chi connectivity index (χ0v) is 12.7. The molecule has 0 spiro atoms. The van der Waals surface area contributed by atoms with Crippen molar-refractivity contribution in [2.45, 2.75) is 13.0 Å². The van der Waals surface area contributed by atoms with Crippen molar-refractivity contribution in [2.75, 3.05) is 13.7 Å². The number of nitrogens with zero attached hydrogens (tertiary/aromatic N) is 2. The second kappa shape index (κ2) is 7.28. The summed E-state index contributed by atoms with van der Waals surface area (Å²) in [6.07, 6.45) is 0. The highest BCUT2D eigenvalue weighted by atomic mass is 16.5. The van der Waals surface area contributed by atoms with Crippen molar-refractivity contribution in [3.8, 4) is 11.8 Å². The van der Waals surface area contributed by atoms with Gasteiger partial charge in [-0.1, -0.05) is 30.3 Å². The fourth-order valence-corrected chi connectivity index (χ4v) is 2.04. The summed E-state index contributed by atoms with van der Waals surface area (Å²) >= 11 is 0. The predicted octanol–water partition coefficient (Wildman–Crippen LogP) is 3.16. The van der Waals surface area contributed by atoms with Gasteiger partial charge in [-0.25, -0.2) is 0 Å². The lowest BCUT2D eigenvalue weighted by atomic mass is 10.1. The Hall–Kier alpha value is -2.80. The lowest BCUT2D eigenvalue weighted by molar-refractivity contribution is -0.134. The van der Waals surface area contributed by atoms with E-state index < -0.39 is 0 Å². The number of benzene rings is 2.